The number of benzene rings is 1. The zero-order chi connectivity index (χ0) is 17.9. The van der Waals surface area contributed by atoms with Gasteiger partial charge in [0.15, 0.2) is 0 Å². The van der Waals surface area contributed by atoms with Crippen molar-refractivity contribution in [1.82, 2.24) is 4.90 Å². The second kappa shape index (κ2) is 7.11. The average molecular weight is 344 g/mol. The maximum atomic E-state index is 12.2. The molecule has 0 saturated carbocycles. The topological polar surface area (TPSA) is 58.6 Å². The molecule has 1 fully saturated rings. The fraction of sp³-hybridized carbons (Fsp3) is 0.500. The van der Waals surface area contributed by atoms with E-state index in [-0.39, 0.29) is 5.69 Å². The molecular formula is C16H19F3N2O3. The molecule has 0 aromatic heterocycles. The number of amides is 2. The molecule has 2 amide bonds. The van der Waals surface area contributed by atoms with Crippen molar-refractivity contribution >= 4 is 17.5 Å². The first-order valence-electron chi connectivity index (χ1n) is 7.60. The van der Waals surface area contributed by atoms with Gasteiger partial charge in [0, 0.05) is 24.8 Å². The van der Waals surface area contributed by atoms with Crippen LogP contribution in [0.3, 0.4) is 0 Å². The van der Waals surface area contributed by atoms with E-state index in [9.17, 15) is 22.8 Å². The summed E-state index contributed by atoms with van der Waals surface area (Å²) in [5.74, 6) is -1.42. The molecule has 0 radical (unpaired) electrons. The average Bonchev–Trinajstić information content (AvgIpc) is 2.43. The molecular weight excluding hydrogens is 325 g/mol. The van der Waals surface area contributed by atoms with Crippen LogP contribution < -0.4 is 10.1 Å². The number of anilines is 1. The quantitative estimate of drug-likeness (QED) is 0.839. The Hall–Kier alpha value is -2.25. The Bertz CT molecular complexity index is 609. The lowest BCUT2D eigenvalue weighted by molar-refractivity contribution is -0.274. The van der Waals surface area contributed by atoms with Crippen LogP contribution >= 0.6 is 0 Å². The Morgan fingerprint density at radius 2 is 1.83 bits per heavy atom. The van der Waals surface area contributed by atoms with Gasteiger partial charge in [-0.15, -0.1) is 13.2 Å². The number of ether oxygens (including phenoxy) is 1. The van der Waals surface area contributed by atoms with E-state index in [2.05, 4.69) is 10.1 Å². The van der Waals surface area contributed by atoms with Crippen LogP contribution in [0.15, 0.2) is 24.3 Å². The molecule has 1 heterocycles. The van der Waals surface area contributed by atoms with Crippen molar-refractivity contribution < 1.29 is 27.5 Å². The fourth-order valence-corrected chi connectivity index (χ4v) is 2.93. The number of carbonyl (C=O) groups is 2. The predicted octanol–water partition coefficient (Wildman–Crippen LogP) is 3.03. The molecule has 1 N–H and O–H groups in total. The monoisotopic (exact) mass is 344 g/mol. The molecule has 2 rings (SSSR count). The Labute approximate surface area is 137 Å². The number of hydrogen-bond acceptors (Lipinski definition) is 3. The van der Waals surface area contributed by atoms with E-state index in [0.29, 0.717) is 24.9 Å². The lowest BCUT2D eigenvalue weighted by Crippen LogP contribution is -2.47. The van der Waals surface area contributed by atoms with E-state index in [1.54, 1.807) is 0 Å². The highest BCUT2D eigenvalue weighted by molar-refractivity contribution is 6.39. The maximum Gasteiger partial charge on any atom is 0.573 e. The van der Waals surface area contributed by atoms with Gasteiger partial charge in [-0.25, -0.2) is 0 Å². The molecule has 0 bridgehead atoms. The van der Waals surface area contributed by atoms with E-state index >= 15 is 0 Å². The van der Waals surface area contributed by atoms with Crippen LogP contribution in [-0.4, -0.2) is 36.2 Å². The van der Waals surface area contributed by atoms with Crippen molar-refractivity contribution in [3.8, 4) is 5.75 Å². The number of likely N-dealkylation sites (tertiary alicyclic amines) is 1. The van der Waals surface area contributed by atoms with E-state index < -0.39 is 23.9 Å². The Balaban J connectivity index is 2.01. The molecule has 1 aromatic rings. The number of piperidine rings is 1. The minimum absolute atomic E-state index is 0.0632. The summed E-state index contributed by atoms with van der Waals surface area (Å²) in [5.41, 5.74) is 0.0632. The minimum atomic E-state index is -4.82. The fourth-order valence-electron chi connectivity index (χ4n) is 2.93. The Morgan fingerprint density at radius 1 is 1.21 bits per heavy atom. The van der Waals surface area contributed by atoms with E-state index in [4.69, 9.17) is 0 Å². The van der Waals surface area contributed by atoms with Crippen LogP contribution in [0.2, 0.25) is 0 Å². The summed E-state index contributed by atoms with van der Waals surface area (Å²) in [6.07, 6.45) is -3.83. The molecule has 2 atom stereocenters. The molecule has 5 nitrogen and oxygen atoms in total. The van der Waals surface area contributed by atoms with Crippen LogP contribution in [0.1, 0.15) is 20.3 Å². The summed E-state index contributed by atoms with van der Waals surface area (Å²) in [7, 11) is 0. The van der Waals surface area contributed by atoms with Gasteiger partial charge in [-0.3, -0.25) is 9.59 Å². The molecule has 0 aliphatic carbocycles. The third-order valence-corrected chi connectivity index (χ3v) is 3.68. The first-order chi connectivity index (χ1) is 11.1. The summed E-state index contributed by atoms with van der Waals surface area (Å²) in [6.45, 7) is 5.00. The van der Waals surface area contributed by atoms with Crippen LogP contribution in [0.5, 0.6) is 5.75 Å². The highest BCUT2D eigenvalue weighted by Gasteiger charge is 2.32. The van der Waals surface area contributed by atoms with Gasteiger partial charge in [-0.1, -0.05) is 19.9 Å². The van der Waals surface area contributed by atoms with Gasteiger partial charge in [0.2, 0.25) is 0 Å². The molecule has 1 aromatic carbocycles. The molecule has 0 spiro atoms. The predicted molar refractivity (Wildman–Crippen MR) is 81.3 cm³/mol. The third kappa shape index (κ3) is 5.14. The first-order valence-corrected chi connectivity index (χ1v) is 7.60. The summed E-state index contributed by atoms with van der Waals surface area (Å²) < 4.78 is 40.4. The lowest BCUT2D eigenvalue weighted by atomic mass is 9.92. The van der Waals surface area contributed by atoms with Crippen molar-refractivity contribution in [2.24, 2.45) is 11.8 Å². The highest BCUT2D eigenvalue weighted by atomic mass is 19.4. The molecule has 24 heavy (non-hydrogen) atoms. The number of rotatable bonds is 2. The second-order valence-electron chi connectivity index (χ2n) is 6.19. The smallest absolute Gasteiger partial charge is 0.406 e. The van der Waals surface area contributed by atoms with E-state index in [0.717, 1.165) is 18.6 Å². The van der Waals surface area contributed by atoms with Crippen LogP contribution in [-0.2, 0) is 9.59 Å². The largest absolute Gasteiger partial charge is 0.573 e. The van der Waals surface area contributed by atoms with Gasteiger partial charge in [-0.05, 0) is 30.4 Å². The number of carbonyl (C=O) groups excluding carboxylic acids is 2. The van der Waals surface area contributed by atoms with Crippen LogP contribution in [0.25, 0.3) is 0 Å². The zero-order valence-corrected chi connectivity index (χ0v) is 13.4. The first kappa shape index (κ1) is 18.1. The highest BCUT2D eigenvalue weighted by Crippen LogP contribution is 2.25. The van der Waals surface area contributed by atoms with Crippen molar-refractivity contribution in [3.05, 3.63) is 24.3 Å². The molecule has 8 heteroatoms. The SMILES string of the molecule is C[C@@H]1C[C@@H](C)CN(C(=O)C(=O)Nc2cccc(OC(F)(F)F)c2)C1. The number of nitrogens with zero attached hydrogens (tertiary/aromatic N) is 1. The maximum absolute atomic E-state index is 12.2. The van der Waals surface area contributed by atoms with Gasteiger partial charge in [0.05, 0.1) is 0 Å². The van der Waals surface area contributed by atoms with Gasteiger partial charge in [-0.2, -0.15) is 0 Å². The Morgan fingerprint density at radius 3 is 2.42 bits per heavy atom. The second-order valence-corrected chi connectivity index (χ2v) is 6.19. The summed E-state index contributed by atoms with van der Waals surface area (Å²) in [5, 5.41) is 2.32. The normalized spacial score (nSPS) is 21.3. The Kier molecular flexibility index (Phi) is 5.36. The van der Waals surface area contributed by atoms with E-state index in [1.165, 1.54) is 17.0 Å². The van der Waals surface area contributed by atoms with Crippen molar-refractivity contribution in [2.75, 3.05) is 18.4 Å². The molecule has 1 aliphatic heterocycles. The van der Waals surface area contributed by atoms with Crippen molar-refractivity contribution in [2.45, 2.75) is 26.6 Å². The van der Waals surface area contributed by atoms with Gasteiger partial charge < -0.3 is 15.0 Å². The number of hydrogen-bond donors (Lipinski definition) is 1. The third-order valence-electron chi connectivity index (χ3n) is 3.68. The molecule has 1 aliphatic rings. The van der Waals surface area contributed by atoms with Crippen molar-refractivity contribution in [1.29, 1.82) is 0 Å². The number of halogens is 3. The zero-order valence-electron chi connectivity index (χ0n) is 13.4. The lowest BCUT2D eigenvalue weighted by Gasteiger charge is -2.34. The minimum Gasteiger partial charge on any atom is -0.406 e. The van der Waals surface area contributed by atoms with Gasteiger partial charge >= 0.3 is 18.2 Å². The van der Waals surface area contributed by atoms with Gasteiger partial charge in [0.25, 0.3) is 0 Å². The number of nitrogens with one attached hydrogen (secondary N) is 1. The molecule has 0 unspecified atom stereocenters. The summed E-state index contributed by atoms with van der Waals surface area (Å²) in [6, 6.07) is 4.81. The summed E-state index contributed by atoms with van der Waals surface area (Å²) in [4.78, 5) is 25.7. The molecule has 1 saturated heterocycles. The number of alkyl halides is 3. The summed E-state index contributed by atoms with van der Waals surface area (Å²) >= 11 is 0. The molecule has 132 valence electrons. The van der Waals surface area contributed by atoms with E-state index in [1.807, 2.05) is 13.8 Å². The standard InChI is InChI=1S/C16H19F3N2O3/c1-10-6-11(2)9-21(8-10)15(23)14(22)20-12-4-3-5-13(7-12)24-16(17,18)19/h3-5,7,10-11H,6,8-9H2,1-2H3,(H,20,22)/t10-,11-/m1/s1. The van der Waals surface area contributed by atoms with Crippen molar-refractivity contribution in [3.63, 3.8) is 0 Å². The van der Waals surface area contributed by atoms with Gasteiger partial charge in [0.1, 0.15) is 5.75 Å². The van der Waals surface area contributed by atoms with Crippen LogP contribution in [0, 0.1) is 11.8 Å². The van der Waals surface area contributed by atoms with Crippen LogP contribution in [0.4, 0.5) is 18.9 Å².